The molecule has 1 aromatic carbocycles. The maximum atomic E-state index is 13.1. The molecule has 2 rings (SSSR count). The Bertz CT molecular complexity index is 969. The predicted molar refractivity (Wildman–Crippen MR) is 126 cm³/mol. The normalized spacial score (nSPS) is 23.2. The van der Waals surface area contributed by atoms with Crippen LogP contribution in [0.1, 0.15) is 36.7 Å². The molecule has 0 saturated carbocycles. The summed E-state index contributed by atoms with van der Waals surface area (Å²) >= 11 is 8.69. The molecule has 0 spiro atoms. The van der Waals surface area contributed by atoms with Gasteiger partial charge in [-0.05, 0) is 11.6 Å². The molecule has 0 aromatic heterocycles. The highest BCUT2D eigenvalue weighted by Gasteiger charge is 2.51. The van der Waals surface area contributed by atoms with E-state index in [1.807, 2.05) is 0 Å². The van der Waals surface area contributed by atoms with E-state index in [2.05, 4.69) is 15.9 Å². The van der Waals surface area contributed by atoms with Gasteiger partial charge in [0.2, 0.25) is 0 Å². The lowest BCUT2D eigenvalue weighted by Gasteiger charge is -2.42. The van der Waals surface area contributed by atoms with Crippen molar-refractivity contribution in [1.29, 1.82) is 0 Å². The Morgan fingerprint density at radius 2 is 1.53 bits per heavy atom. The minimum Gasteiger partial charge on any atom is -0.464 e. The number of halogens is 2. The van der Waals surface area contributed by atoms with E-state index in [1.165, 1.54) is 13.0 Å². The highest BCUT2D eigenvalue weighted by atomic mass is 79.9. The summed E-state index contributed by atoms with van der Waals surface area (Å²) in [6.45, 7) is 3.16. The zero-order valence-electron chi connectivity index (χ0n) is 19.8. The van der Waals surface area contributed by atoms with Gasteiger partial charge in [0.15, 0.2) is 23.3 Å². The van der Waals surface area contributed by atoms with Crippen LogP contribution in [0.25, 0.3) is 0 Å². The standard InChI is InChI=1S/C23H26BrClO11/c1-12(26)32-11-17-19(33-13(2)27)20(34-14(3)28)21(22(24)35-17)36-23(30)16-7-5-4-6-15(16)8-9-31-18(29)10-25/h4-7,17,19-22H,8-11H2,1-3H3/t17-,19-,20+,21-,22+/m1/s1. The summed E-state index contributed by atoms with van der Waals surface area (Å²) in [5.41, 5.74) is 0.702. The largest absolute Gasteiger partial charge is 0.464 e. The van der Waals surface area contributed by atoms with Gasteiger partial charge in [-0.3, -0.25) is 19.2 Å². The minimum atomic E-state index is -1.29. The molecule has 198 valence electrons. The number of esters is 5. The average Bonchev–Trinajstić information content (AvgIpc) is 2.81. The first-order chi connectivity index (χ1) is 17.0. The van der Waals surface area contributed by atoms with Crippen molar-refractivity contribution in [1.82, 2.24) is 0 Å². The average molecular weight is 594 g/mol. The molecule has 13 heteroatoms. The summed E-state index contributed by atoms with van der Waals surface area (Å²) in [5.74, 6) is -3.72. The molecule has 1 aliphatic heterocycles. The lowest BCUT2D eigenvalue weighted by atomic mass is 9.99. The Kier molecular flexibility index (Phi) is 11.6. The molecule has 0 aliphatic carbocycles. The molecule has 36 heavy (non-hydrogen) atoms. The number of benzene rings is 1. The third-order valence-electron chi connectivity index (χ3n) is 4.86. The molecular weight excluding hydrogens is 568 g/mol. The van der Waals surface area contributed by atoms with E-state index in [0.717, 1.165) is 13.8 Å². The van der Waals surface area contributed by atoms with Crippen LogP contribution in [0.3, 0.4) is 0 Å². The summed E-state index contributed by atoms with van der Waals surface area (Å²) in [6, 6.07) is 6.50. The number of carbonyl (C=O) groups is 5. The van der Waals surface area contributed by atoms with Crippen LogP contribution in [0.15, 0.2) is 24.3 Å². The fourth-order valence-corrected chi connectivity index (χ4v) is 4.19. The molecule has 1 aliphatic rings. The molecule has 11 nitrogen and oxygen atoms in total. The minimum absolute atomic E-state index is 0.00805. The summed E-state index contributed by atoms with van der Waals surface area (Å²) < 4.78 is 32.1. The van der Waals surface area contributed by atoms with Crippen LogP contribution >= 0.6 is 27.5 Å². The fraction of sp³-hybridized carbons (Fsp3) is 0.522. The first-order valence-corrected chi connectivity index (χ1v) is 12.3. The molecular formula is C23H26BrClO11. The second kappa shape index (κ2) is 14.1. The molecule has 0 unspecified atom stereocenters. The number of hydrogen-bond donors (Lipinski definition) is 0. The van der Waals surface area contributed by atoms with Crippen LogP contribution in [0.4, 0.5) is 0 Å². The summed E-state index contributed by atoms with van der Waals surface area (Å²) in [4.78, 5) is 59.4. The maximum absolute atomic E-state index is 13.1. The van der Waals surface area contributed by atoms with Gasteiger partial charge < -0.3 is 28.4 Å². The number of hydrogen-bond acceptors (Lipinski definition) is 11. The van der Waals surface area contributed by atoms with Gasteiger partial charge in [-0.1, -0.05) is 34.1 Å². The van der Waals surface area contributed by atoms with E-state index >= 15 is 0 Å². The van der Waals surface area contributed by atoms with Crippen molar-refractivity contribution in [2.75, 3.05) is 19.1 Å². The quantitative estimate of drug-likeness (QED) is 0.224. The molecule has 0 N–H and O–H groups in total. The topological polar surface area (TPSA) is 141 Å². The maximum Gasteiger partial charge on any atom is 0.338 e. The van der Waals surface area contributed by atoms with Gasteiger partial charge in [0, 0.05) is 27.2 Å². The number of ether oxygens (including phenoxy) is 6. The van der Waals surface area contributed by atoms with Gasteiger partial charge in [0.1, 0.15) is 18.6 Å². The van der Waals surface area contributed by atoms with Crippen molar-refractivity contribution in [3.63, 3.8) is 0 Å². The van der Waals surface area contributed by atoms with Crippen molar-refractivity contribution in [3.8, 4) is 0 Å². The van der Waals surface area contributed by atoms with Gasteiger partial charge in [0.05, 0.1) is 12.2 Å². The van der Waals surface area contributed by atoms with Gasteiger partial charge in [0.25, 0.3) is 0 Å². The second-order valence-electron chi connectivity index (χ2n) is 7.61. The molecule has 1 aromatic rings. The third-order valence-corrected chi connectivity index (χ3v) is 5.81. The van der Waals surface area contributed by atoms with Gasteiger partial charge in [-0.2, -0.15) is 0 Å². The zero-order valence-corrected chi connectivity index (χ0v) is 22.1. The Balaban J connectivity index is 2.29. The monoisotopic (exact) mass is 592 g/mol. The smallest absolute Gasteiger partial charge is 0.338 e. The van der Waals surface area contributed by atoms with Crippen LogP contribution in [-0.4, -0.2) is 78.4 Å². The van der Waals surface area contributed by atoms with Crippen molar-refractivity contribution in [3.05, 3.63) is 35.4 Å². The lowest BCUT2D eigenvalue weighted by molar-refractivity contribution is -0.230. The fourth-order valence-electron chi connectivity index (χ4n) is 3.42. The molecule has 0 amide bonds. The van der Waals surface area contributed by atoms with E-state index < -0.39 is 59.3 Å². The number of carbonyl (C=O) groups excluding carboxylic acids is 5. The first kappa shape index (κ1) is 29.5. The van der Waals surface area contributed by atoms with Crippen LogP contribution < -0.4 is 0 Å². The van der Waals surface area contributed by atoms with Crippen molar-refractivity contribution in [2.24, 2.45) is 0 Å². The summed E-state index contributed by atoms with van der Waals surface area (Å²) in [6.07, 6.45) is -4.60. The first-order valence-electron chi connectivity index (χ1n) is 10.8. The molecule has 1 saturated heterocycles. The zero-order chi connectivity index (χ0) is 26.8. The summed E-state index contributed by atoms with van der Waals surface area (Å²) in [7, 11) is 0. The highest BCUT2D eigenvalue weighted by Crippen LogP contribution is 2.32. The highest BCUT2D eigenvalue weighted by molar-refractivity contribution is 9.09. The van der Waals surface area contributed by atoms with Gasteiger partial charge in [-0.15, -0.1) is 11.6 Å². The summed E-state index contributed by atoms with van der Waals surface area (Å²) in [5, 5.41) is -1.02. The SMILES string of the molecule is CC(=O)OC[C@H]1O[C@H](Br)[C@H](OC(=O)c2ccccc2CCOC(=O)CCl)[C@@H](OC(C)=O)[C@@H]1OC(C)=O. The van der Waals surface area contributed by atoms with E-state index in [4.69, 9.17) is 40.0 Å². The van der Waals surface area contributed by atoms with Crippen molar-refractivity contribution < 1.29 is 52.4 Å². The Morgan fingerprint density at radius 3 is 2.14 bits per heavy atom. The van der Waals surface area contributed by atoms with E-state index in [-0.39, 0.29) is 31.1 Å². The van der Waals surface area contributed by atoms with Crippen LogP contribution in [-0.2, 0) is 54.0 Å². The Labute approximate surface area is 220 Å². The van der Waals surface area contributed by atoms with E-state index in [1.54, 1.807) is 18.2 Å². The van der Waals surface area contributed by atoms with Gasteiger partial charge >= 0.3 is 29.8 Å². The van der Waals surface area contributed by atoms with Crippen molar-refractivity contribution in [2.45, 2.75) is 56.6 Å². The predicted octanol–water partition coefficient (Wildman–Crippen LogP) is 2.08. The Morgan fingerprint density at radius 1 is 0.889 bits per heavy atom. The molecule has 5 atom stereocenters. The second-order valence-corrected chi connectivity index (χ2v) is 8.78. The lowest BCUT2D eigenvalue weighted by Crippen LogP contribution is -2.61. The number of alkyl halides is 2. The Hall–Kier alpha value is -2.70. The van der Waals surface area contributed by atoms with Crippen molar-refractivity contribution >= 4 is 57.4 Å². The third kappa shape index (κ3) is 8.75. The molecule has 1 heterocycles. The van der Waals surface area contributed by atoms with Crippen LogP contribution in [0.2, 0.25) is 0 Å². The molecule has 0 bridgehead atoms. The van der Waals surface area contributed by atoms with Gasteiger partial charge in [-0.25, -0.2) is 4.79 Å². The van der Waals surface area contributed by atoms with E-state index in [0.29, 0.717) is 5.56 Å². The van der Waals surface area contributed by atoms with Crippen LogP contribution in [0, 0.1) is 0 Å². The molecule has 1 fully saturated rings. The van der Waals surface area contributed by atoms with E-state index in [9.17, 15) is 24.0 Å². The van der Waals surface area contributed by atoms with Crippen LogP contribution in [0.5, 0.6) is 0 Å². The number of rotatable bonds is 10. The molecule has 0 radical (unpaired) electrons.